The quantitative estimate of drug-likeness (QED) is 0.884. The molecule has 1 aromatic carbocycles. The lowest BCUT2D eigenvalue weighted by molar-refractivity contribution is -0.127. The summed E-state index contributed by atoms with van der Waals surface area (Å²) >= 11 is 0. The van der Waals surface area contributed by atoms with Crippen LogP contribution in [-0.2, 0) is 14.6 Å². The first-order valence-corrected chi connectivity index (χ1v) is 8.54. The van der Waals surface area contributed by atoms with Crippen LogP contribution in [0.15, 0.2) is 30.3 Å². The minimum Gasteiger partial charge on any atom is -0.340 e. The summed E-state index contributed by atoms with van der Waals surface area (Å²) < 4.78 is 23.0. The summed E-state index contributed by atoms with van der Waals surface area (Å²) in [5.41, 5.74) is 7.18. The van der Waals surface area contributed by atoms with Crippen molar-refractivity contribution in [3.63, 3.8) is 0 Å². The maximum atomic E-state index is 12.0. The Balaban J connectivity index is 0.00000220. The molecule has 21 heavy (non-hydrogen) atoms. The Morgan fingerprint density at radius 3 is 2.48 bits per heavy atom. The van der Waals surface area contributed by atoms with Gasteiger partial charge in [-0.2, -0.15) is 0 Å². The van der Waals surface area contributed by atoms with Crippen LogP contribution in [0.2, 0.25) is 0 Å². The molecule has 1 heterocycles. The van der Waals surface area contributed by atoms with E-state index >= 15 is 0 Å². The third kappa shape index (κ3) is 4.43. The zero-order valence-corrected chi connectivity index (χ0v) is 13.6. The van der Waals surface area contributed by atoms with Gasteiger partial charge in [0.2, 0.25) is 5.91 Å². The molecule has 2 N–H and O–H groups in total. The van der Waals surface area contributed by atoms with E-state index in [4.69, 9.17) is 5.73 Å². The molecule has 1 aliphatic rings. The van der Waals surface area contributed by atoms with Crippen LogP contribution in [0.25, 0.3) is 0 Å². The zero-order chi connectivity index (χ0) is 14.8. The van der Waals surface area contributed by atoms with Crippen molar-refractivity contribution in [1.29, 1.82) is 0 Å². The lowest BCUT2D eigenvalue weighted by Gasteiger charge is -2.16. The van der Waals surface area contributed by atoms with Gasteiger partial charge in [-0.1, -0.05) is 37.3 Å². The minimum atomic E-state index is -3.29. The van der Waals surface area contributed by atoms with Crippen LogP contribution >= 0.6 is 12.4 Å². The van der Waals surface area contributed by atoms with E-state index in [1.54, 1.807) is 11.8 Å². The first-order valence-electron chi connectivity index (χ1n) is 6.71. The first-order chi connectivity index (χ1) is 9.43. The second-order valence-electron chi connectivity index (χ2n) is 5.16. The Bertz CT molecular complexity index is 577. The smallest absolute Gasteiger partial charge is 0.237 e. The topological polar surface area (TPSA) is 80.5 Å². The molecule has 0 radical (unpaired) electrons. The molecule has 1 fully saturated rings. The van der Waals surface area contributed by atoms with Gasteiger partial charge in [0.1, 0.15) is 5.75 Å². The molecule has 2 rings (SSSR count). The third-order valence-electron chi connectivity index (χ3n) is 3.73. The number of carbonyl (C=O) groups excluding carboxylic acids is 1. The molecule has 1 aliphatic heterocycles. The average Bonchev–Trinajstić information content (AvgIpc) is 2.81. The molecule has 5 nitrogen and oxygen atoms in total. The van der Waals surface area contributed by atoms with Crippen LogP contribution in [0, 0.1) is 0 Å². The minimum absolute atomic E-state index is 0. The van der Waals surface area contributed by atoms with Gasteiger partial charge in [-0.25, -0.2) is 8.42 Å². The van der Waals surface area contributed by atoms with Crippen molar-refractivity contribution in [3.8, 4) is 0 Å². The van der Waals surface area contributed by atoms with Crippen LogP contribution in [0.5, 0.6) is 0 Å². The highest BCUT2D eigenvalue weighted by Gasteiger charge is 2.34. The summed E-state index contributed by atoms with van der Waals surface area (Å²) in [4.78, 5) is 13.6. The van der Waals surface area contributed by atoms with Crippen LogP contribution < -0.4 is 5.73 Å². The third-order valence-corrected chi connectivity index (χ3v) is 5.30. The molecule has 118 valence electrons. The summed E-state index contributed by atoms with van der Waals surface area (Å²) in [6, 6.07) is 9.64. The van der Waals surface area contributed by atoms with Crippen molar-refractivity contribution < 1.29 is 13.2 Å². The fourth-order valence-corrected chi connectivity index (χ4v) is 3.23. The molecule has 0 aromatic heterocycles. The maximum Gasteiger partial charge on any atom is 0.237 e. The largest absolute Gasteiger partial charge is 0.340 e. The van der Waals surface area contributed by atoms with Crippen LogP contribution in [0.1, 0.15) is 18.4 Å². The number of rotatable bonds is 4. The number of likely N-dealkylation sites (tertiary alicyclic amines) is 1. The van der Waals surface area contributed by atoms with E-state index in [0.29, 0.717) is 13.1 Å². The van der Waals surface area contributed by atoms with Crippen molar-refractivity contribution in [2.24, 2.45) is 5.73 Å². The van der Waals surface area contributed by atoms with Gasteiger partial charge in [-0.05, 0) is 5.56 Å². The average molecular weight is 333 g/mol. The van der Waals surface area contributed by atoms with Crippen molar-refractivity contribution in [3.05, 3.63) is 35.9 Å². The highest BCUT2D eigenvalue weighted by Crippen LogP contribution is 2.26. The van der Waals surface area contributed by atoms with Crippen molar-refractivity contribution in [1.82, 2.24) is 4.90 Å². The van der Waals surface area contributed by atoms with E-state index in [1.165, 1.54) is 0 Å². The van der Waals surface area contributed by atoms with E-state index < -0.39 is 15.6 Å². The van der Waals surface area contributed by atoms with Crippen molar-refractivity contribution in [2.75, 3.05) is 24.6 Å². The Hall–Kier alpha value is -1.11. The number of hydrogen-bond donors (Lipinski definition) is 1. The standard InChI is InChI=1S/C14H20N2O3S.ClH/c1-2-20(18,19)10-14(17)16-8-12(13(15)9-16)11-6-4-3-5-7-11;/h3-7,12-13H,2,8-10,15H2,1H3;1H/t12-,13+;/m0./s1. The Labute approximate surface area is 131 Å². The van der Waals surface area contributed by atoms with Gasteiger partial charge in [-0.3, -0.25) is 4.79 Å². The normalized spacial score (nSPS) is 21.9. The second kappa shape index (κ2) is 7.24. The van der Waals surface area contributed by atoms with Gasteiger partial charge in [0.25, 0.3) is 0 Å². The number of nitrogens with zero attached hydrogens (tertiary/aromatic N) is 1. The SMILES string of the molecule is CCS(=O)(=O)CC(=O)N1C[C@@H](N)[C@H](c2ccccc2)C1.Cl. The molecule has 2 atom stereocenters. The van der Waals surface area contributed by atoms with E-state index in [2.05, 4.69) is 0 Å². The molecule has 0 aliphatic carbocycles. The fraction of sp³-hybridized carbons (Fsp3) is 0.500. The number of nitrogens with two attached hydrogens (primary N) is 1. The van der Waals surface area contributed by atoms with Gasteiger partial charge in [0.15, 0.2) is 9.84 Å². The van der Waals surface area contributed by atoms with Gasteiger partial charge >= 0.3 is 0 Å². The summed E-state index contributed by atoms with van der Waals surface area (Å²) in [6.07, 6.45) is 0. The van der Waals surface area contributed by atoms with Crippen LogP contribution in [0.3, 0.4) is 0 Å². The molecule has 7 heteroatoms. The lowest BCUT2D eigenvalue weighted by atomic mass is 9.95. The summed E-state index contributed by atoms with van der Waals surface area (Å²) in [5, 5.41) is 0. The van der Waals surface area contributed by atoms with Crippen LogP contribution in [-0.4, -0.2) is 49.9 Å². The number of halogens is 1. The van der Waals surface area contributed by atoms with Crippen LogP contribution in [0.4, 0.5) is 0 Å². The number of hydrogen-bond acceptors (Lipinski definition) is 4. The molecule has 0 spiro atoms. The van der Waals surface area contributed by atoms with Gasteiger partial charge < -0.3 is 10.6 Å². The first kappa shape index (κ1) is 17.9. The van der Waals surface area contributed by atoms with Gasteiger partial charge in [0, 0.05) is 30.8 Å². The Morgan fingerprint density at radius 2 is 1.90 bits per heavy atom. The van der Waals surface area contributed by atoms with E-state index in [-0.39, 0.29) is 36.0 Å². The summed E-state index contributed by atoms with van der Waals surface area (Å²) in [7, 11) is -3.29. The lowest BCUT2D eigenvalue weighted by Crippen LogP contribution is -2.36. The van der Waals surface area contributed by atoms with Crippen molar-refractivity contribution in [2.45, 2.75) is 18.9 Å². The number of amides is 1. The fourth-order valence-electron chi connectivity index (χ4n) is 2.47. The molecule has 1 saturated heterocycles. The molecule has 0 unspecified atom stereocenters. The Morgan fingerprint density at radius 1 is 1.29 bits per heavy atom. The van der Waals surface area contributed by atoms with E-state index in [1.807, 2.05) is 30.3 Å². The highest BCUT2D eigenvalue weighted by molar-refractivity contribution is 7.92. The Kier molecular flexibility index (Phi) is 6.19. The summed E-state index contributed by atoms with van der Waals surface area (Å²) in [5.74, 6) is -0.705. The maximum absolute atomic E-state index is 12.0. The predicted molar refractivity (Wildman–Crippen MR) is 85.3 cm³/mol. The molecule has 1 amide bonds. The highest BCUT2D eigenvalue weighted by atomic mass is 35.5. The second-order valence-corrected chi connectivity index (χ2v) is 7.51. The molecule has 1 aromatic rings. The van der Waals surface area contributed by atoms with E-state index in [0.717, 1.165) is 5.56 Å². The monoisotopic (exact) mass is 332 g/mol. The summed E-state index contributed by atoms with van der Waals surface area (Å²) in [6.45, 7) is 2.45. The molecule has 0 bridgehead atoms. The zero-order valence-electron chi connectivity index (χ0n) is 11.9. The molecular weight excluding hydrogens is 312 g/mol. The van der Waals surface area contributed by atoms with E-state index in [9.17, 15) is 13.2 Å². The molecule has 0 saturated carbocycles. The number of sulfone groups is 1. The number of benzene rings is 1. The van der Waals surface area contributed by atoms with Gasteiger partial charge in [0.05, 0.1) is 0 Å². The number of carbonyl (C=O) groups is 1. The predicted octanol–water partition coefficient (Wildman–Crippen LogP) is 0.796. The van der Waals surface area contributed by atoms with Crippen molar-refractivity contribution >= 4 is 28.2 Å². The molecular formula is C14H21ClN2O3S. The van der Waals surface area contributed by atoms with Gasteiger partial charge in [-0.15, -0.1) is 12.4 Å².